The molecule has 0 saturated heterocycles. The number of ether oxygens (including phenoxy) is 1. The third-order valence-corrected chi connectivity index (χ3v) is 2.32. The van der Waals surface area contributed by atoms with E-state index in [4.69, 9.17) is 4.74 Å². The molecule has 3 nitrogen and oxygen atoms in total. The van der Waals surface area contributed by atoms with Crippen molar-refractivity contribution in [1.82, 2.24) is 0 Å². The minimum atomic E-state index is -0.877. The van der Waals surface area contributed by atoms with Crippen LogP contribution in [0.3, 0.4) is 0 Å². The Morgan fingerprint density at radius 1 is 1.20 bits per heavy atom. The summed E-state index contributed by atoms with van der Waals surface area (Å²) in [6, 6.07) is 7.24. The number of para-hydroxylation sites is 1. The normalized spacial score (nSPS) is 14.7. The van der Waals surface area contributed by atoms with Gasteiger partial charge in [0.2, 0.25) is 0 Å². The summed E-state index contributed by atoms with van der Waals surface area (Å²) in [5.74, 6) is 0.639. The van der Waals surface area contributed by atoms with E-state index >= 15 is 0 Å². The zero-order valence-electron chi connectivity index (χ0n) is 9.18. The van der Waals surface area contributed by atoms with Gasteiger partial charge in [0.15, 0.2) is 0 Å². The van der Waals surface area contributed by atoms with Gasteiger partial charge in [-0.25, -0.2) is 0 Å². The summed E-state index contributed by atoms with van der Waals surface area (Å²) in [6.07, 6.45) is -1.11. The van der Waals surface area contributed by atoms with Crippen LogP contribution in [0, 0.1) is 0 Å². The molecule has 2 N–H and O–H groups in total. The summed E-state index contributed by atoms with van der Waals surface area (Å²) in [6.45, 7) is 4.27. The van der Waals surface area contributed by atoms with Gasteiger partial charge in [0.25, 0.3) is 0 Å². The van der Waals surface area contributed by atoms with Crippen molar-refractivity contribution in [2.75, 3.05) is 6.61 Å². The van der Waals surface area contributed by atoms with Crippen LogP contribution in [0.2, 0.25) is 0 Å². The van der Waals surface area contributed by atoms with Gasteiger partial charge in [-0.05, 0) is 19.4 Å². The molecule has 1 rings (SSSR count). The second-order valence-corrected chi connectivity index (χ2v) is 3.39. The molecule has 0 amide bonds. The van der Waals surface area contributed by atoms with Gasteiger partial charge in [0.05, 0.1) is 12.7 Å². The standard InChI is InChI=1S/C12H18O3/c1-3-10(13)12(14)9-7-5-6-8-11(9)15-4-2/h5-8,10,12-14H,3-4H2,1-2H3. The first-order valence-electron chi connectivity index (χ1n) is 5.28. The van der Waals surface area contributed by atoms with Crippen LogP contribution in [0.15, 0.2) is 24.3 Å². The molecule has 0 heterocycles. The number of aliphatic hydroxyl groups is 2. The lowest BCUT2D eigenvalue weighted by atomic mass is 10.0. The number of benzene rings is 1. The predicted molar refractivity (Wildman–Crippen MR) is 58.9 cm³/mol. The Kier molecular flexibility index (Phi) is 4.59. The third-order valence-electron chi connectivity index (χ3n) is 2.32. The lowest BCUT2D eigenvalue weighted by Gasteiger charge is -2.19. The van der Waals surface area contributed by atoms with Crippen molar-refractivity contribution >= 4 is 0 Å². The maximum absolute atomic E-state index is 9.87. The molecular weight excluding hydrogens is 192 g/mol. The average Bonchev–Trinajstić information content (AvgIpc) is 2.28. The zero-order chi connectivity index (χ0) is 11.3. The number of aliphatic hydroxyl groups excluding tert-OH is 2. The SMILES string of the molecule is CCOc1ccccc1C(O)C(O)CC. The first-order chi connectivity index (χ1) is 7.20. The number of hydrogen-bond acceptors (Lipinski definition) is 3. The van der Waals surface area contributed by atoms with Crippen LogP contribution in [0.5, 0.6) is 5.75 Å². The Bertz CT molecular complexity index is 299. The Labute approximate surface area is 90.3 Å². The molecule has 1 aromatic rings. The van der Waals surface area contributed by atoms with Gasteiger partial charge < -0.3 is 14.9 Å². The van der Waals surface area contributed by atoms with E-state index in [1.807, 2.05) is 26.0 Å². The monoisotopic (exact) mass is 210 g/mol. The molecule has 2 atom stereocenters. The fourth-order valence-corrected chi connectivity index (χ4v) is 1.44. The zero-order valence-corrected chi connectivity index (χ0v) is 9.18. The van der Waals surface area contributed by atoms with E-state index in [0.29, 0.717) is 24.3 Å². The molecule has 0 aliphatic rings. The van der Waals surface area contributed by atoms with E-state index in [9.17, 15) is 10.2 Å². The minimum absolute atomic E-state index is 0.516. The van der Waals surface area contributed by atoms with Crippen LogP contribution in [0.25, 0.3) is 0 Å². The van der Waals surface area contributed by atoms with Crippen molar-refractivity contribution in [2.45, 2.75) is 32.5 Å². The van der Waals surface area contributed by atoms with Crippen LogP contribution >= 0.6 is 0 Å². The van der Waals surface area contributed by atoms with Crippen LogP contribution in [-0.2, 0) is 0 Å². The van der Waals surface area contributed by atoms with Crippen molar-refractivity contribution in [3.8, 4) is 5.75 Å². The van der Waals surface area contributed by atoms with Crippen molar-refractivity contribution < 1.29 is 14.9 Å². The molecule has 0 bridgehead atoms. The predicted octanol–water partition coefficient (Wildman–Crippen LogP) is 1.89. The fraction of sp³-hybridized carbons (Fsp3) is 0.500. The van der Waals surface area contributed by atoms with Gasteiger partial charge >= 0.3 is 0 Å². The summed E-state index contributed by atoms with van der Waals surface area (Å²) in [5, 5.41) is 19.4. The van der Waals surface area contributed by atoms with Crippen LogP contribution in [-0.4, -0.2) is 22.9 Å². The van der Waals surface area contributed by atoms with Gasteiger partial charge in [-0.2, -0.15) is 0 Å². The van der Waals surface area contributed by atoms with Crippen molar-refractivity contribution in [3.63, 3.8) is 0 Å². The minimum Gasteiger partial charge on any atom is -0.493 e. The second kappa shape index (κ2) is 5.73. The molecule has 1 aromatic carbocycles. The second-order valence-electron chi connectivity index (χ2n) is 3.39. The van der Waals surface area contributed by atoms with Crippen LogP contribution in [0.4, 0.5) is 0 Å². The highest BCUT2D eigenvalue weighted by Gasteiger charge is 2.19. The van der Waals surface area contributed by atoms with Crippen LogP contribution < -0.4 is 4.74 Å². The van der Waals surface area contributed by atoms with Gasteiger partial charge in [0.1, 0.15) is 11.9 Å². The molecule has 84 valence electrons. The maximum Gasteiger partial charge on any atom is 0.125 e. The van der Waals surface area contributed by atoms with Crippen molar-refractivity contribution in [1.29, 1.82) is 0 Å². The maximum atomic E-state index is 9.87. The topological polar surface area (TPSA) is 49.7 Å². The molecule has 0 aliphatic carbocycles. The molecule has 0 aromatic heterocycles. The summed E-state index contributed by atoms with van der Waals surface area (Å²) in [4.78, 5) is 0. The van der Waals surface area contributed by atoms with E-state index in [1.165, 1.54) is 0 Å². The Balaban J connectivity index is 2.91. The highest BCUT2D eigenvalue weighted by atomic mass is 16.5. The van der Waals surface area contributed by atoms with Gasteiger partial charge in [-0.1, -0.05) is 25.1 Å². The van der Waals surface area contributed by atoms with E-state index in [2.05, 4.69) is 0 Å². The van der Waals surface area contributed by atoms with E-state index in [0.717, 1.165) is 0 Å². The smallest absolute Gasteiger partial charge is 0.125 e. The van der Waals surface area contributed by atoms with Gasteiger partial charge in [-0.3, -0.25) is 0 Å². The summed E-state index contributed by atoms with van der Waals surface area (Å²) >= 11 is 0. The molecular formula is C12H18O3. The highest BCUT2D eigenvalue weighted by Crippen LogP contribution is 2.28. The highest BCUT2D eigenvalue weighted by molar-refractivity contribution is 5.35. The first-order valence-corrected chi connectivity index (χ1v) is 5.28. The Morgan fingerprint density at radius 2 is 1.87 bits per heavy atom. The molecule has 15 heavy (non-hydrogen) atoms. The van der Waals surface area contributed by atoms with Crippen molar-refractivity contribution in [2.24, 2.45) is 0 Å². The summed E-state index contributed by atoms with van der Waals surface area (Å²) < 4.78 is 5.38. The largest absolute Gasteiger partial charge is 0.493 e. The number of rotatable bonds is 5. The quantitative estimate of drug-likeness (QED) is 0.780. The molecule has 0 spiro atoms. The van der Waals surface area contributed by atoms with Gasteiger partial charge in [0, 0.05) is 5.56 Å². The number of hydrogen-bond donors (Lipinski definition) is 2. The lowest BCUT2D eigenvalue weighted by molar-refractivity contribution is 0.0149. The van der Waals surface area contributed by atoms with Crippen molar-refractivity contribution in [3.05, 3.63) is 29.8 Å². The lowest BCUT2D eigenvalue weighted by Crippen LogP contribution is -2.17. The molecule has 3 heteroatoms. The first kappa shape index (κ1) is 12.0. The average molecular weight is 210 g/mol. The van der Waals surface area contributed by atoms with Gasteiger partial charge in [-0.15, -0.1) is 0 Å². The summed E-state index contributed by atoms with van der Waals surface area (Å²) in [5.41, 5.74) is 0.647. The Hall–Kier alpha value is -1.06. The molecule has 0 aliphatic heterocycles. The molecule has 0 radical (unpaired) electrons. The van der Waals surface area contributed by atoms with Crippen LogP contribution in [0.1, 0.15) is 31.9 Å². The van der Waals surface area contributed by atoms with E-state index in [-0.39, 0.29) is 0 Å². The molecule has 0 fully saturated rings. The molecule has 0 saturated carbocycles. The van der Waals surface area contributed by atoms with E-state index < -0.39 is 12.2 Å². The van der Waals surface area contributed by atoms with E-state index in [1.54, 1.807) is 12.1 Å². The molecule has 2 unspecified atom stereocenters. The Morgan fingerprint density at radius 3 is 2.47 bits per heavy atom. The summed E-state index contributed by atoms with van der Waals surface area (Å²) in [7, 11) is 0. The third kappa shape index (κ3) is 2.94. The fourth-order valence-electron chi connectivity index (χ4n) is 1.44.